The Labute approximate surface area is 179 Å². The first kappa shape index (κ1) is 19.4. The summed E-state index contributed by atoms with van der Waals surface area (Å²) in [6.07, 6.45) is 6.95. The van der Waals surface area contributed by atoms with Gasteiger partial charge in [-0.25, -0.2) is 16.5 Å². The van der Waals surface area contributed by atoms with Crippen molar-refractivity contribution in [1.29, 1.82) is 0 Å². The molecule has 0 spiro atoms. The van der Waals surface area contributed by atoms with Gasteiger partial charge in [0.2, 0.25) is 11.9 Å². The van der Waals surface area contributed by atoms with Crippen LogP contribution in [0.2, 0.25) is 0 Å². The van der Waals surface area contributed by atoms with E-state index in [1.165, 1.54) is 0 Å². The molecule has 5 rings (SSSR count). The van der Waals surface area contributed by atoms with Crippen LogP contribution in [0.4, 0.5) is 11.6 Å². The van der Waals surface area contributed by atoms with Gasteiger partial charge in [0.1, 0.15) is 11.6 Å². The Balaban J connectivity index is 1.43. The molecule has 1 amide bonds. The molecule has 31 heavy (non-hydrogen) atoms. The van der Waals surface area contributed by atoms with Crippen LogP contribution in [0.15, 0.2) is 36.8 Å². The Morgan fingerprint density at radius 2 is 2.23 bits per heavy atom. The van der Waals surface area contributed by atoms with Gasteiger partial charge in [0, 0.05) is 49.0 Å². The fraction of sp³-hybridized carbons (Fsp3) is 0.348. The van der Waals surface area contributed by atoms with E-state index < -0.39 is 0 Å². The van der Waals surface area contributed by atoms with Crippen molar-refractivity contribution >= 4 is 28.3 Å². The number of carbonyl (C=O) groups excluding carboxylic acids is 1. The molecule has 3 heterocycles. The number of rotatable bonds is 5. The predicted octanol–water partition coefficient (Wildman–Crippen LogP) is 3.30. The number of aromatic nitrogens is 3. The van der Waals surface area contributed by atoms with Crippen molar-refractivity contribution in [2.24, 2.45) is 17.8 Å². The average Bonchev–Trinajstić information content (AvgIpc) is 3.34. The number of carbonyl (C=O) groups is 1. The van der Waals surface area contributed by atoms with Gasteiger partial charge in [-0.2, -0.15) is 0 Å². The molecule has 1 unspecified atom stereocenters. The lowest BCUT2D eigenvalue weighted by atomic mass is 10.0. The standard InChI is InChI=1S/C23H22N6O2/c1-25-17-4-3-14-20(17)21(14)23(30)29-19-8-13-7-18(28-22(24)16(13)10-27-19)15-9-26-6-5-12(15)11-31-2/h5-10,14,17,20-21H,3-4,11H2,2H3,(H2,24,28)(H,27,29,30)/t14-,17-,20-,21?/m1/s1. The van der Waals surface area contributed by atoms with E-state index in [0.29, 0.717) is 29.9 Å². The van der Waals surface area contributed by atoms with Crippen molar-refractivity contribution in [2.75, 3.05) is 18.2 Å². The van der Waals surface area contributed by atoms with Crippen LogP contribution in [0.5, 0.6) is 0 Å². The maximum absolute atomic E-state index is 12.7. The molecule has 0 aromatic carbocycles. The molecule has 3 N–H and O–H groups in total. The second-order valence-electron chi connectivity index (χ2n) is 8.18. The van der Waals surface area contributed by atoms with Crippen molar-refractivity contribution in [2.45, 2.75) is 25.5 Å². The van der Waals surface area contributed by atoms with Crippen molar-refractivity contribution in [1.82, 2.24) is 15.0 Å². The second kappa shape index (κ2) is 7.60. The largest absolute Gasteiger partial charge is 0.383 e. The highest BCUT2D eigenvalue weighted by Crippen LogP contribution is 2.58. The number of hydrogen-bond acceptors (Lipinski definition) is 6. The number of pyridine rings is 3. The minimum absolute atomic E-state index is 0.0143. The van der Waals surface area contributed by atoms with E-state index in [4.69, 9.17) is 17.0 Å². The smallest absolute Gasteiger partial charge is 0.229 e. The number of amides is 1. The van der Waals surface area contributed by atoms with E-state index in [1.54, 1.807) is 25.7 Å². The first-order chi connectivity index (χ1) is 15.1. The topological polar surface area (TPSA) is 107 Å². The molecule has 8 nitrogen and oxygen atoms in total. The van der Waals surface area contributed by atoms with Crippen LogP contribution in [0.25, 0.3) is 26.9 Å². The fourth-order valence-electron chi connectivity index (χ4n) is 4.90. The summed E-state index contributed by atoms with van der Waals surface area (Å²) in [5.41, 5.74) is 8.69. The van der Waals surface area contributed by atoms with Crippen molar-refractivity contribution in [3.05, 3.63) is 53.8 Å². The molecule has 8 heteroatoms. The van der Waals surface area contributed by atoms with Crippen molar-refractivity contribution in [3.8, 4) is 11.3 Å². The summed E-state index contributed by atoms with van der Waals surface area (Å²) in [5, 5.41) is 4.48. The third-order valence-corrected chi connectivity index (χ3v) is 6.42. The molecule has 0 radical (unpaired) electrons. The maximum atomic E-state index is 12.7. The molecule has 3 aromatic rings. The molecule has 0 aliphatic heterocycles. The van der Waals surface area contributed by atoms with Crippen LogP contribution in [0, 0.1) is 24.3 Å². The summed E-state index contributed by atoms with van der Waals surface area (Å²) in [4.78, 5) is 29.5. The van der Waals surface area contributed by atoms with Crippen molar-refractivity contribution in [3.63, 3.8) is 0 Å². The Kier molecular flexibility index (Phi) is 4.75. The minimum Gasteiger partial charge on any atom is -0.383 e. The Morgan fingerprint density at radius 1 is 1.35 bits per heavy atom. The fourth-order valence-corrected chi connectivity index (χ4v) is 4.90. The van der Waals surface area contributed by atoms with E-state index in [0.717, 1.165) is 34.7 Å². The van der Waals surface area contributed by atoms with E-state index >= 15 is 0 Å². The molecule has 4 atom stereocenters. The van der Waals surface area contributed by atoms with E-state index in [-0.39, 0.29) is 23.8 Å². The zero-order valence-corrected chi connectivity index (χ0v) is 17.1. The molecule has 2 aliphatic rings. The zero-order chi connectivity index (χ0) is 21.5. The van der Waals surface area contributed by atoms with Gasteiger partial charge in [-0.3, -0.25) is 9.78 Å². The van der Waals surface area contributed by atoms with Gasteiger partial charge in [-0.1, -0.05) is 0 Å². The molecule has 2 aliphatic carbocycles. The highest BCUT2D eigenvalue weighted by molar-refractivity contribution is 5.98. The molecule has 156 valence electrons. The van der Waals surface area contributed by atoms with Gasteiger partial charge < -0.3 is 20.6 Å². The van der Waals surface area contributed by atoms with Gasteiger partial charge in [0.05, 0.1) is 18.2 Å². The number of anilines is 2. The molecular weight excluding hydrogens is 392 g/mol. The number of fused-ring (bicyclic) bond motifs is 2. The molecule has 2 saturated carbocycles. The van der Waals surface area contributed by atoms with Crippen LogP contribution in [0.3, 0.4) is 0 Å². The monoisotopic (exact) mass is 414 g/mol. The number of nitrogen functional groups attached to an aromatic ring is 1. The Hall–Kier alpha value is -3.57. The lowest BCUT2D eigenvalue weighted by molar-refractivity contribution is -0.118. The average molecular weight is 414 g/mol. The highest BCUT2D eigenvalue weighted by atomic mass is 16.5. The van der Waals surface area contributed by atoms with E-state index in [2.05, 4.69) is 25.1 Å². The van der Waals surface area contributed by atoms with Crippen LogP contribution in [-0.4, -0.2) is 34.0 Å². The summed E-state index contributed by atoms with van der Waals surface area (Å²) < 4.78 is 5.28. The lowest BCUT2D eigenvalue weighted by Crippen LogP contribution is -2.19. The van der Waals surface area contributed by atoms with Gasteiger partial charge in [0.25, 0.3) is 0 Å². The number of nitrogens with one attached hydrogen (secondary N) is 1. The predicted molar refractivity (Wildman–Crippen MR) is 117 cm³/mol. The Bertz CT molecular complexity index is 1220. The quantitative estimate of drug-likeness (QED) is 0.620. The van der Waals surface area contributed by atoms with Crippen LogP contribution in [0.1, 0.15) is 18.4 Å². The molecule has 3 aromatic heterocycles. The van der Waals surface area contributed by atoms with Gasteiger partial charge in [-0.15, -0.1) is 0 Å². The van der Waals surface area contributed by atoms with Crippen LogP contribution in [-0.2, 0) is 16.1 Å². The third-order valence-electron chi connectivity index (χ3n) is 6.42. The highest BCUT2D eigenvalue weighted by Gasteiger charge is 2.64. The number of nitrogens with zero attached hydrogens (tertiary/aromatic N) is 4. The summed E-state index contributed by atoms with van der Waals surface area (Å²) in [5.74, 6) is 1.26. The normalized spacial score (nSPS) is 23.9. The van der Waals surface area contributed by atoms with Crippen LogP contribution < -0.4 is 11.1 Å². The van der Waals surface area contributed by atoms with E-state index in [9.17, 15) is 4.79 Å². The Morgan fingerprint density at radius 3 is 3.03 bits per heavy atom. The van der Waals surface area contributed by atoms with E-state index in [1.807, 2.05) is 18.2 Å². The summed E-state index contributed by atoms with van der Waals surface area (Å²) >= 11 is 0. The molecule has 2 fully saturated rings. The lowest BCUT2D eigenvalue weighted by Gasteiger charge is -2.11. The van der Waals surface area contributed by atoms with Gasteiger partial charge >= 0.3 is 0 Å². The first-order valence-corrected chi connectivity index (χ1v) is 10.3. The van der Waals surface area contributed by atoms with Crippen molar-refractivity contribution < 1.29 is 9.53 Å². The molecular formula is C23H22N6O2. The molecule has 0 saturated heterocycles. The minimum atomic E-state index is -0.0737. The zero-order valence-electron chi connectivity index (χ0n) is 17.1. The first-order valence-electron chi connectivity index (χ1n) is 10.3. The summed E-state index contributed by atoms with van der Waals surface area (Å²) in [6.45, 7) is 7.74. The van der Waals surface area contributed by atoms with Gasteiger partial charge in [0.15, 0.2) is 0 Å². The summed E-state index contributed by atoms with van der Waals surface area (Å²) in [7, 11) is 1.64. The number of hydrogen-bond donors (Lipinski definition) is 2. The maximum Gasteiger partial charge on any atom is 0.229 e. The summed E-state index contributed by atoms with van der Waals surface area (Å²) in [6, 6.07) is 5.60. The molecule has 0 bridgehead atoms. The number of nitrogens with two attached hydrogens (primary N) is 1. The number of ether oxygens (including phenoxy) is 1. The van der Waals surface area contributed by atoms with Crippen LogP contribution >= 0.6 is 0 Å². The third kappa shape index (κ3) is 3.37. The second-order valence-corrected chi connectivity index (χ2v) is 8.18. The SMILES string of the molecule is [C-]#[N+][C@@H]1CC[C@H]2C(C(=O)Nc3cc4cc(-c5cnccc5COC)nc(N)c4cn3)[C@@H]12. The number of methoxy groups -OCH3 is 1. The van der Waals surface area contributed by atoms with Gasteiger partial charge in [-0.05, 0) is 41.5 Å².